The zero-order valence-electron chi connectivity index (χ0n) is 12.3. The van der Waals surface area contributed by atoms with Crippen LogP contribution in [-0.4, -0.2) is 35.4 Å². The first-order valence-corrected chi connectivity index (χ1v) is 8.12. The van der Waals surface area contributed by atoms with E-state index < -0.39 is 0 Å². The van der Waals surface area contributed by atoms with E-state index in [2.05, 4.69) is 44.7 Å². The molecule has 2 heterocycles. The zero-order chi connectivity index (χ0) is 14.1. The first-order chi connectivity index (χ1) is 10.4. The van der Waals surface area contributed by atoms with Crippen LogP contribution in [0.2, 0.25) is 0 Å². The van der Waals surface area contributed by atoms with E-state index in [0.29, 0.717) is 6.04 Å². The smallest absolute Gasteiger partial charge is 0.159 e. The van der Waals surface area contributed by atoms with Crippen molar-refractivity contribution in [3.8, 4) is 0 Å². The van der Waals surface area contributed by atoms with Gasteiger partial charge in [0.05, 0.1) is 6.20 Å². The minimum absolute atomic E-state index is 0.555. The summed E-state index contributed by atoms with van der Waals surface area (Å²) in [6.45, 7) is 2.18. The molecule has 21 heavy (non-hydrogen) atoms. The molecule has 4 nitrogen and oxygen atoms in total. The average molecular weight is 282 g/mol. The molecule has 1 N–H and O–H groups in total. The van der Waals surface area contributed by atoms with E-state index >= 15 is 0 Å². The van der Waals surface area contributed by atoms with E-state index in [4.69, 9.17) is 0 Å². The first-order valence-electron chi connectivity index (χ1n) is 8.12. The number of nitrogens with one attached hydrogen (secondary N) is 1. The van der Waals surface area contributed by atoms with Crippen LogP contribution in [0.3, 0.4) is 0 Å². The molecule has 1 aliphatic carbocycles. The van der Waals surface area contributed by atoms with Gasteiger partial charge in [-0.25, -0.2) is 0 Å². The standard InChI is InChI=1S/C17H22N4/c1-2-7-16-13(5-1)11-19-20-17(16)21-10-4-3-6-15(21)12-18-14-8-9-14/h1-2,5,7,11,14-15,18H,3-4,6,8-10,12H2. The summed E-state index contributed by atoms with van der Waals surface area (Å²) in [7, 11) is 0. The van der Waals surface area contributed by atoms with Crippen molar-refractivity contribution < 1.29 is 0 Å². The highest BCUT2D eigenvalue weighted by Gasteiger charge is 2.28. The summed E-state index contributed by atoms with van der Waals surface area (Å²) < 4.78 is 0. The number of rotatable bonds is 4. The second kappa shape index (κ2) is 5.60. The highest BCUT2D eigenvalue weighted by molar-refractivity contribution is 5.91. The molecule has 0 amide bonds. The maximum atomic E-state index is 4.47. The molecular weight excluding hydrogens is 260 g/mol. The van der Waals surface area contributed by atoms with Crippen molar-refractivity contribution in [1.82, 2.24) is 15.5 Å². The first kappa shape index (κ1) is 13.0. The Labute approximate surface area is 125 Å². The summed E-state index contributed by atoms with van der Waals surface area (Å²) in [6, 6.07) is 9.77. The van der Waals surface area contributed by atoms with Crippen molar-refractivity contribution in [2.24, 2.45) is 0 Å². The molecule has 1 atom stereocenters. The van der Waals surface area contributed by atoms with Gasteiger partial charge in [0.25, 0.3) is 0 Å². The van der Waals surface area contributed by atoms with Gasteiger partial charge < -0.3 is 10.2 Å². The van der Waals surface area contributed by atoms with Gasteiger partial charge in [0, 0.05) is 35.9 Å². The molecule has 1 saturated carbocycles. The fourth-order valence-corrected chi connectivity index (χ4v) is 3.31. The fourth-order valence-electron chi connectivity index (χ4n) is 3.31. The Kier molecular flexibility index (Phi) is 3.47. The van der Waals surface area contributed by atoms with Gasteiger partial charge in [0.1, 0.15) is 0 Å². The number of hydrogen-bond acceptors (Lipinski definition) is 4. The van der Waals surface area contributed by atoms with E-state index in [1.54, 1.807) is 0 Å². The third-order valence-corrected chi connectivity index (χ3v) is 4.67. The van der Waals surface area contributed by atoms with Crippen molar-refractivity contribution >= 4 is 16.6 Å². The van der Waals surface area contributed by atoms with Crippen LogP contribution in [0.4, 0.5) is 5.82 Å². The lowest BCUT2D eigenvalue weighted by Gasteiger charge is -2.37. The van der Waals surface area contributed by atoms with Crippen LogP contribution in [0.15, 0.2) is 30.5 Å². The van der Waals surface area contributed by atoms with Crippen LogP contribution >= 0.6 is 0 Å². The number of benzene rings is 1. The third-order valence-electron chi connectivity index (χ3n) is 4.67. The lowest BCUT2D eigenvalue weighted by Crippen LogP contribution is -2.46. The SMILES string of the molecule is c1ccc2c(N3CCCCC3CNC3CC3)nncc2c1. The number of nitrogens with zero attached hydrogens (tertiary/aromatic N) is 3. The predicted octanol–water partition coefficient (Wildman–Crippen LogP) is 2.74. The van der Waals surface area contributed by atoms with E-state index in [-0.39, 0.29) is 0 Å². The molecule has 110 valence electrons. The second-order valence-electron chi connectivity index (χ2n) is 6.28. The number of anilines is 1. The summed E-state index contributed by atoms with van der Waals surface area (Å²) in [4.78, 5) is 2.48. The molecule has 0 bridgehead atoms. The van der Waals surface area contributed by atoms with Gasteiger partial charge in [-0.3, -0.25) is 0 Å². The summed E-state index contributed by atoms with van der Waals surface area (Å²) in [6.07, 6.45) is 8.39. The fraction of sp³-hybridized carbons (Fsp3) is 0.529. The van der Waals surface area contributed by atoms with Gasteiger partial charge in [-0.1, -0.05) is 24.3 Å². The number of hydrogen-bond donors (Lipinski definition) is 1. The van der Waals surface area contributed by atoms with E-state index in [9.17, 15) is 0 Å². The largest absolute Gasteiger partial charge is 0.350 e. The Hall–Kier alpha value is -1.68. The van der Waals surface area contributed by atoms with Crippen molar-refractivity contribution in [2.75, 3.05) is 18.0 Å². The monoisotopic (exact) mass is 282 g/mol. The second-order valence-corrected chi connectivity index (χ2v) is 6.28. The number of piperidine rings is 1. The third kappa shape index (κ3) is 2.72. The summed E-state index contributed by atoms with van der Waals surface area (Å²) in [5.41, 5.74) is 0. The van der Waals surface area contributed by atoms with E-state index in [1.807, 2.05) is 6.20 Å². The van der Waals surface area contributed by atoms with Crippen molar-refractivity contribution in [2.45, 2.75) is 44.2 Å². The van der Waals surface area contributed by atoms with Crippen molar-refractivity contribution in [1.29, 1.82) is 0 Å². The molecule has 4 heteroatoms. The minimum Gasteiger partial charge on any atom is -0.350 e. The van der Waals surface area contributed by atoms with Gasteiger partial charge in [-0.15, -0.1) is 5.10 Å². The molecule has 2 aromatic rings. The number of aromatic nitrogens is 2. The van der Waals surface area contributed by atoms with Crippen molar-refractivity contribution in [3.05, 3.63) is 30.5 Å². The van der Waals surface area contributed by atoms with Gasteiger partial charge in [0.15, 0.2) is 5.82 Å². The quantitative estimate of drug-likeness (QED) is 0.936. The Morgan fingerprint density at radius 1 is 1.14 bits per heavy atom. The molecule has 0 spiro atoms. The molecule has 2 aliphatic rings. The minimum atomic E-state index is 0.555. The zero-order valence-corrected chi connectivity index (χ0v) is 12.3. The lowest BCUT2D eigenvalue weighted by atomic mass is 10.0. The lowest BCUT2D eigenvalue weighted by molar-refractivity contribution is 0.431. The van der Waals surface area contributed by atoms with Crippen LogP contribution in [-0.2, 0) is 0 Å². The molecule has 1 aromatic heterocycles. The highest BCUT2D eigenvalue weighted by atomic mass is 15.3. The molecule has 1 aliphatic heterocycles. The van der Waals surface area contributed by atoms with E-state index in [0.717, 1.165) is 24.9 Å². The summed E-state index contributed by atoms with van der Waals surface area (Å²) in [5, 5.41) is 14.8. The van der Waals surface area contributed by atoms with Gasteiger partial charge >= 0.3 is 0 Å². The Morgan fingerprint density at radius 3 is 2.95 bits per heavy atom. The van der Waals surface area contributed by atoms with Crippen LogP contribution in [0.25, 0.3) is 10.8 Å². The maximum absolute atomic E-state index is 4.47. The Morgan fingerprint density at radius 2 is 2.05 bits per heavy atom. The predicted molar refractivity (Wildman–Crippen MR) is 85.5 cm³/mol. The summed E-state index contributed by atoms with van der Waals surface area (Å²) in [5.74, 6) is 1.07. The Bertz CT molecular complexity index is 618. The van der Waals surface area contributed by atoms with Crippen LogP contribution in [0, 0.1) is 0 Å². The van der Waals surface area contributed by atoms with E-state index in [1.165, 1.54) is 42.9 Å². The molecule has 1 saturated heterocycles. The molecule has 2 fully saturated rings. The van der Waals surface area contributed by atoms with Gasteiger partial charge in [-0.05, 0) is 32.1 Å². The van der Waals surface area contributed by atoms with Gasteiger partial charge in [0.2, 0.25) is 0 Å². The summed E-state index contributed by atoms with van der Waals surface area (Å²) >= 11 is 0. The molecule has 4 rings (SSSR count). The van der Waals surface area contributed by atoms with Gasteiger partial charge in [-0.2, -0.15) is 5.10 Å². The molecule has 0 radical (unpaired) electrons. The molecular formula is C17H22N4. The average Bonchev–Trinajstić information content (AvgIpc) is 3.37. The molecule has 1 aromatic carbocycles. The highest BCUT2D eigenvalue weighted by Crippen LogP contribution is 2.29. The molecule has 1 unspecified atom stereocenters. The van der Waals surface area contributed by atoms with Crippen LogP contribution in [0.1, 0.15) is 32.1 Å². The topological polar surface area (TPSA) is 41.0 Å². The van der Waals surface area contributed by atoms with Crippen molar-refractivity contribution in [3.63, 3.8) is 0 Å². The Balaban J connectivity index is 1.63. The maximum Gasteiger partial charge on any atom is 0.159 e. The number of fused-ring (bicyclic) bond motifs is 1. The van der Waals surface area contributed by atoms with Crippen LogP contribution < -0.4 is 10.2 Å². The normalized spacial score (nSPS) is 22.7. The van der Waals surface area contributed by atoms with Crippen LogP contribution in [0.5, 0.6) is 0 Å².